The molecule has 1 aliphatic heterocycles. The van der Waals surface area contributed by atoms with Gasteiger partial charge in [-0.15, -0.1) is 36.2 Å². The minimum Gasteiger partial charge on any atom is -0.353 e. The second-order valence-corrected chi connectivity index (χ2v) is 8.15. The van der Waals surface area contributed by atoms with Crippen LogP contribution in [-0.4, -0.2) is 29.9 Å². The van der Waals surface area contributed by atoms with Crippen molar-refractivity contribution < 1.29 is 4.79 Å². The SMILES string of the molecule is C[C@@H](N)C(=O)NCC(c1ccc(Cl)cc1Cl)N1CCc2sccc2C1.Cl.Cl. The summed E-state index contributed by atoms with van der Waals surface area (Å²) >= 11 is 14.3. The fourth-order valence-electron chi connectivity index (χ4n) is 3.10. The Morgan fingerprint density at radius 3 is 2.74 bits per heavy atom. The largest absolute Gasteiger partial charge is 0.353 e. The molecule has 0 saturated carbocycles. The number of carbonyl (C=O) groups excluding carboxylic acids is 1. The Kier molecular flexibility index (Phi) is 9.86. The Labute approximate surface area is 186 Å². The Morgan fingerprint density at radius 2 is 2.07 bits per heavy atom. The number of fused-ring (bicyclic) bond motifs is 1. The molecule has 0 aliphatic carbocycles. The van der Waals surface area contributed by atoms with Crippen LogP contribution in [0.4, 0.5) is 0 Å². The average molecular weight is 471 g/mol. The number of amides is 1. The molecule has 27 heavy (non-hydrogen) atoms. The van der Waals surface area contributed by atoms with E-state index in [0.29, 0.717) is 16.6 Å². The zero-order chi connectivity index (χ0) is 18.0. The second-order valence-electron chi connectivity index (χ2n) is 6.30. The van der Waals surface area contributed by atoms with E-state index >= 15 is 0 Å². The third-order valence-electron chi connectivity index (χ3n) is 4.48. The van der Waals surface area contributed by atoms with Crippen molar-refractivity contribution in [2.24, 2.45) is 5.73 Å². The molecule has 150 valence electrons. The van der Waals surface area contributed by atoms with E-state index in [1.807, 2.05) is 12.1 Å². The number of nitrogens with two attached hydrogens (primary N) is 1. The van der Waals surface area contributed by atoms with Gasteiger partial charge in [-0.05, 0) is 48.1 Å². The minimum absolute atomic E-state index is 0. The molecule has 0 spiro atoms. The number of halogens is 4. The molecule has 1 aromatic heterocycles. The first-order valence-corrected chi connectivity index (χ1v) is 9.87. The van der Waals surface area contributed by atoms with Gasteiger partial charge in [-0.25, -0.2) is 0 Å². The van der Waals surface area contributed by atoms with Crippen LogP contribution in [0, 0.1) is 0 Å². The van der Waals surface area contributed by atoms with E-state index in [0.717, 1.165) is 25.1 Å². The molecule has 0 fully saturated rings. The highest BCUT2D eigenvalue weighted by Gasteiger charge is 2.27. The number of nitrogens with zero attached hydrogens (tertiary/aromatic N) is 1. The monoisotopic (exact) mass is 469 g/mol. The van der Waals surface area contributed by atoms with Gasteiger partial charge in [0, 0.05) is 34.6 Å². The first kappa shape index (κ1) is 24.5. The molecule has 2 atom stereocenters. The van der Waals surface area contributed by atoms with Crippen molar-refractivity contribution in [3.05, 3.63) is 55.7 Å². The van der Waals surface area contributed by atoms with E-state index in [-0.39, 0.29) is 36.8 Å². The molecule has 2 heterocycles. The zero-order valence-corrected chi connectivity index (χ0v) is 18.7. The number of nitrogens with one attached hydrogen (secondary N) is 1. The predicted octanol–water partition coefficient (Wildman–Crippen LogP) is 4.46. The van der Waals surface area contributed by atoms with Crippen molar-refractivity contribution >= 4 is 65.3 Å². The molecule has 0 saturated heterocycles. The Bertz CT molecular complexity index is 769. The molecule has 9 heteroatoms. The van der Waals surface area contributed by atoms with E-state index in [1.54, 1.807) is 24.3 Å². The zero-order valence-electron chi connectivity index (χ0n) is 14.8. The standard InChI is InChI=1S/C18H21Cl2N3OS.2ClH/c1-11(21)18(24)22-9-16(14-3-2-13(19)8-15(14)20)23-6-4-17-12(10-23)5-7-25-17;;/h2-3,5,7-8,11,16H,4,6,9-10,21H2,1H3,(H,22,24);2*1H/t11-,16?;;/m1../s1. The van der Waals surface area contributed by atoms with E-state index < -0.39 is 6.04 Å². The van der Waals surface area contributed by atoms with E-state index in [4.69, 9.17) is 28.9 Å². The van der Waals surface area contributed by atoms with E-state index in [9.17, 15) is 4.79 Å². The fraction of sp³-hybridized carbons (Fsp3) is 0.389. The Hall–Kier alpha value is -0.530. The molecule has 3 rings (SSSR count). The summed E-state index contributed by atoms with van der Waals surface area (Å²) in [6.45, 7) is 3.90. The minimum atomic E-state index is -0.536. The van der Waals surface area contributed by atoms with Crippen LogP contribution >= 0.6 is 59.4 Å². The van der Waals surface area contributed by atoms with Crippen molar-refractivity contribution in [2.45, 2.75) is 32.0 Å². The fourth-order valence-corrected chi connectivity index (χ4v) is 4.53. The average Bonchev–Trinajstić information content (AvgIpc) is 3.04. The molecule has 1 aliphatic rings. The second kappa shape index (κ2) is 10.9. The van der Waals surface area contributed by atoms with Crippen molar-refractivity contribution in [3.8, 4) is 0 Å². The van der Waals surface area contributed by atoms with Crippen LogP contribution < -0.4 is 11.1 Å². The van der Waals surface area contributed by atoms with Gasteiger partial charge in [0.1, 0.15) is 0 Å². The number of hydrogen-bond donors (Lipinski definition) is 2. The third-order valence-corrected chi connectivity index (χ3v) is 6.07. The van der Waals surface area contributed by atoms with Gasteiger partial charge in [-0.3, -0.25) is 9.69 Å². The quantitative estimate of drug-likeness (QED) is 0.677. The molecule has 1 amide bonds. The van der Waals surface area contributed by atoms with Gasteiger partial charge in [0.15, 0.2) is 0 Å². The van der Waals surface area contributed by atoms with Crippen LogP contribution in [0.5, 0.6) is 0 Å². The summed E-state index contributed by atoms with van der Waals surface area (Å²) in [6, 6.07) is 7.14. The van der Waals surface area contributed by atoms with Gasteiger partial charge in [-0.1, -0.05) is 29.3 Å². The third kappa shape index (κ3) is 5.97. The summed E-state index contributed by atoms with van der Waals surface area (Å²) in [5, 5.41) is 6.30. The molecule has 1 aromatic carbocycles. The van der Waals surface area contributed by atoms with Crippen LogP contribution in [0.1, 0.15) is 29.0 Å². The van der Waals surface area contributed by atoms with Crippen LogP contribution in [0.25, 0.3) is 0 Å². The van der Waals surface area contributed by atoms with Crippen LogP contribution in [0.3, 0.4) is 0 Å². The van der Waals surface area contributed by atoms with Crippen molar-refractivity contribution in [3.63, 3.8) is 0 Å². The van der Waals surface area contributed by atoms with Crippen LogP contribution in [0.15, 0.2) is 29.6 Å². The maximum absolute atomic E-state index is 12.0. The lowest BCUT2D eigenvalue weighted by Gasteiger charge is -2.35. The van der Waals surface area contributed by atoms with Crippen molar-refractivity contribution in [2.75, 3.05) is 13.1 Å². The van der Waals surface area contributed by atoms with Gasteiger partial charge >= 0.3 is 0 Å². The summed E-state index contributed by atoms with van der Waals surface area (Å²) in [6.07, 6.45) is 1.01. The van der Waals surface area contributed by atoms with Crippen molar-refractivity contribution in [1.29, 1.82) is 0 Å². The topological polar surface area (TPSA) is 58.4 Å². The summed E-state index contributed by atoms with van der Waals surface area (Å²) in [4.78, 5) is 15.7. The van der Waals surface area contributed by atoms with Gasteiger partial charge in [-0.2, -0.15) is 0 Å². The van der Waals surface area contributed by atoms with Gasteiger partial charge in [0.2, 0.25) is 5.91 Å². The smallest absolute Gasteiger partial charge is 0.236 e. The highest BCUT2D eigenvalue weighted by Crippen LogP contribution is 2.34. The number of rotatable bonds is 5. The molecule has 1 unspecified atom stereocenters. The predicted molar refractivity (Wildman–Crippen MR) is 119 cm³/mol. The van der Waals surface area contributed by atoms with Crippen LogP contribution in [-0.2, 0) is 17.8 Å². The van der Waals surface area contributed by atoms with Gasteiger partial charge in [0.05, 0.1) is 12.1 Å². The number of carbonyl (C=O) groups is 1. The highest BCUT2D eigenvalue weighted by molar-refractivity contribution is 7.10. The van der Waals surface area contributed by atoms with Gasteiger partial charge < -0.3 is 11.1 Å². The lowest BCUT2D eigenvalue weighted by atomic mass is 10.0. The Balaban J connectivity index is 0.00000182. The Morgan fingerprint density at radius 1 is 1.33 bits per heavy atom. The summed E-state index contributed by atoms with van der Waals surface area (Å²) in [5.41, 5.74) is 7.99. The first-order valence-electron chi connectivity index (χ1n) is 8.23. The maximum atomic E-state index is 12.0. The number of thiophene rings is 1. The van der Waals surface area contributed by atoms with E-state index in [1.165, 1.54) is 10.4 Å². The lowest BCUT2D eigenvalue weighted by Crippen LogP contribution is -2.44. The summed E-state index contributed by atoms with van der Waals surface area (Å²) in [5.74, 6) is -0.164. The van der Waals surface area contributed by atoms with Gasteiger partial charge in [0.25, 0.3) is 0 Å². The van der Waals surface area contributed by atoms with E-state index in [2.05, 4.69) is 21.7 Å². The summed E-state index contributed by atoms with van der Waals surface area (Å²) < 4.78 is 0. The molecule has 3 N–H and O–H groups in total. The summed E-state index contributed by atoms with van der Waals surface area (Å²) in [7, 11) is 0. The van der Waals surface area contributed by atoms with Crippen molar-refractivity contribution in [1.82, 2.24) is 10.2 Å². The number of benzene rings is 1. The first-order chi connectivity index (χ1) is 12.0. The molecule has 0 bridgehead atoms. The maximum Gasteiger partial charge on any atom is 0.236 e. The molecule has 4 nitrogen and oxygen atoms in total. The molecule has 2 aromatic rings. The van der Waals surface area contributed by atoms with Crippen LogP contribution in [0.2, 0.25) is 10.0 Å². The number of hydrogen-bond acceptors (Lipinski definition) is 4. The normalized spacial score (nSPS) is 15.7. The molecular formula is C18H23Cl4N3OS. The lowest BCUT2D eigenvalue weighted by molar-refractivity contribution is -0.122. The molecular weight excluding hydrogens is 448 g/mol. The highest BCUT2D eigenvalue weighted by atomic mass is 35.5. The molecule has 0 radical (unpaired) electrons.